The predicted octanol–water partition coefficient (Wildman–Crippen LogP) is 2.20. The molecule has 2 N–H and O–H groups in total. The van der Waals surface area contributed by atoms with E-state index in [0.29, 0.717) is 26.1 Å². The Morgan fingerprint density at radius 1 is 1.26 bits per heavy atom. The largest absolute Gasteiger partial charge is 0.385 e. The Hall–Kier alpha value is -1.55. The highest BCUT2D eigenvalue weighted by Crippen LogP contribution is 2.14. The number of ether oxygens (including phenoxy) is 1. The van der Waals surface area contributed by atoms with Gasteiger partial charge in [0.25, 0.3) is 0 Å². The topological polar surface area (TPSA) is 50.4 Å². The zero-order valence-electron chi connectivity index (χ0n) is 11.9. The van der Waals surface area contributed by atoms with E-state index in [-0.39, 0.29) is 5.91 Å². The van der Waals surface area contributed by atoms with Crippen LogP contribution in [0, 0.1) is 0 Å². The Morgan fingerprint density at radius 2 is 2.05 bits per heavy atom. The standard InChI is InChI=1S/C15H24N2O2/c1-3-13-7-4-5-8-14(13)16-11-9-15(18)17-10-6-12-19-2/h4-5,7-8,16H,3,6,9-12H2,1-2H3,(H,17,18). The summed E-state index contributed by atoms with van der Waals surface area (Å²) in [6, 6.07) is 8.20. The molecule has 1 aromatic carbocycles. The first-order valence-electron chi connectivity index (χ1n) is 6.85. The SMILES string of the molecule is CCc1ccccc1NCCC(=O)NCCCOC. The Labute approximate surface area is 115 Å². The quantitative estimate of drug-likeness (QED) is 0.672. The van der Waals surface area contributed by atoms with Crippen LogP contribution in [-0.4, -0.2) is 32.7 Å². The molecular weight excluding hydrogens is 240 g/mol. The lowest BCUT2D eigenvalue weighted by atomic mass is 10.1. The summed E-state index contributed by atoms with van der Waals surface area (Å²) in [6.45, 7) is 4.15. The summed E-state index contributed by atoms with van der Waals surface area (Å²) in [5.41, 5.74) is 2.40. The summed E-state index contributed by atoms with van der Waals surface area (Å²) in [4.78, 5) is 11.6. The number of methoxy groups -OCH3 is 1. The van der Waals surface area contributed by atoms with Crippen molar-refractivity contribution in [2.75, 3.05) is 32.1 Å². The highest BCUT2D eigenvalue weighted by molar-refractivity contribution is 5.76. The van der Waals surface area contributed by atoms with E-state index in [4.69, 9.17) is 4.74 Å². The molecule has 0 aromatic heterocycles. The molecule has 19 heavy (non-hydrogen) atoms. The smallest absolute Gasteiger partial charge is 0.221 e. The molecule has 0 unspecified atom stereocenters. The number of rotatable bonds is 9. The van der Waals surface area contributed by atoms with Crippen LogP contribution in [0.2, 0.25) is 0 Å². The Kier molecular flexibility index (Phi) is 7.66. The van der Waals surface area contributed by atoms with Crippen LogP contribution in [0.4, 0.5) is 5.69 Å². The van der Waals surface area contributed by atoms with Gasteiger partial charge in [-0.15, -0.1) is 0 Å². The Bertz CT molecular complexity index is 380. The minimum Gasteiger partial charge on any atom is -0.385 e. The van der Waals surface area contributed by atoms with Gasteiger partial charge < -0.3 is 15.4 Å². The van der Waals surface area contributed by atoms with E-state index in [1.807, 2.05) is 12.1 Å². The van der Waals surface area contributed by atoms with Crippen LogP contribution in [0.3, 0.4) is 0 Å². The van der Waals surface area contributed by atoms with Gasteiger partial charge in [-0.2, -0.15) is 0 Å². The van der Waals surface area contributed by atoms with Gasteiger partial charge in [0.05, 0.1) is 0 Å². The van der Waals surface area contributed by atoms with Gasteiger partial charge in [-0.25, -0.2) is 0 Å². The third kappa shape index (κ3) is 6.25. The maximum absolute atomic E-state index is 11.6. The van der Waals surface area contributed by atoms with E-state index < -0.39 is 0 Å². The fraction of sp³-hybridized carbons (Fsp3) is 0.533. The minimum absolute atomic E-state index is 0.0811. The van der Waals surface area contributed by atoms with Gasteiger partial charge in [-0.1, -0.05) is 25.1 Å². The number of hydrogen-bond donors (Lipinski definition) is 2. The van der Waals surface area contributed by atoms with E-state index in [1.54, 1.807) is 7.11 Å². The van der Waals surface area contributed by atoms with Gasteiger partial charge >= 0.3 is 0 Å². The number of anilines is 1. The molecule has 106 valence electrons. The molecule has 1 amide bonds. The number of amides is 1. The predicted molar refractivity (Wildman–Crippen MR) is 78.4 cm³/mol. The number of carbonyl (C=O) groups excluding carboxylic acids is 1. The molecule has 0 spiro atoms. The van der Waals surface area contributed by atoms with E-state index in [0.717, 1.165) is 18.5 Å². The average molecular weight is 264 g/mol. The van der Waals surface area contributed by atoms with Gasteiger partial charge in [-0.05, 0) is 24.5 Å². The van der Waals surface area contributed by atoms with Crippen molar-refractivity contribution in [2.24, 2.45) is 0 Å². The van der Waals surface area contributed by atoms with E-state index in [9.17, 15) is 4.79 Å². The highest BCUT2D eigenvalue weighted by Gasteiger charge is 2.02. The van der Waals surface area contributed by atoms with Crippen molar-refractivity contribution in [3.8, 4) is 0 Å². The molecule has 0 saturated heterocycles. The molecule has 0 fully saturated rings. The lowest BCUT2D eigenvalue weighted by molar-refractivity contribution is -0.120. The van der Waals surface area contributed by atoms with Gasteiger partial charge in [0.1, 0.15) is 0 Å². The number of para-hydroxylation sites is 1. The molecular formula is C15H24N2O2. The second-order valence-corrected chi connectivity index (χ2v) is 4.38. The van der Waals surface area contributed by atoms with Crippen molar-refractivity contribution in [3.63, 3.8) is 0 Å². The van der Waals surface area contributed by atoms with Crippen molar-refractivity contribution in [1.29, 1.82) is 0 Å². The summed E-state index contributed by atoms with van der Waals surface area (Å²) >= 11 is 0. The molecule has 1 rings (SSSR count). The van der Waals surface area contributed by atoms with Crippen molar-refractivity contribution >= 4 is 11.6 Å². The molecule has 1 aromatic rings. The van der Waals surface area contributed by atoms with Gasteiger partial charge in [0.2, 0.25) is 5.91 Å². The van der Waals surface area contributed by atoms with Crippen LogP contribution >= 0.6 is 0 Å². The van der Waals surface area contributed by atoms with Crippen molar-refractivity contribution in [2.45, 2.75) is 26.2 Å². The van der Waals surface area contributed by atoms with Gasteiger partial charge in [0.15, 0.2) is 0 Å². The van der Waals surface area contributed by atoms with Crippen LogP contribution < -0.4 is 10.6 Å². The fourth-order valence-electron chi connectivity index (χ4n) is 1.84. The second kappa shape index (κ2) is 9.39. The molecule has 4 heteroatoms. The first kappa shape index (κ1) is 15.5. The lowest BCUT2D eigenvalue weighted by Gasteiger charge is -2.10. The van der Waals surface area contributed by atoms with Crippen LogP contribution in [0.1, 0.15) is 25.3 Å². The molecule has 0 aliphatic rings. The van der Waals surface area contributed by atoms with Crippen molar-refractivity contribution in [3.05, 3.63) is 29.8 Å². The number of benzene rings is 1. The number of nitrogens with one attached hydrogen (secondary N) is 2. The van der Waals surface area contributed by atoms with Gasteiger partial charge in [-0.3, -0.25) is 4.79 Å². The maximum Gasteiger partial charge on any atom is 0.221 e. The van der Waals surface area contributed by atoms with Crippen LogP contribution in [0.15, 0.2) is 24.3 Å². The summed E-state index contributed by atoms with van der Waals surface area (Å²) in [7, 11) is 1.66. The monoisotopic (exact) mass is 264 g/mol. The van der Waals surface area contributed by atoms with Crippen molar-refractivity contribution < 1.29 is 9.53 Å². The zero-order valence-corrected chi connectivity index (χ0v) is 11.9. The molecule has 0 aliphatic heterocycles. The summed E-state index contributed by atoms with van der Waals surface area (Å²) < 4.78 is 4.92. The normalized spacial score (nSPS) is 10.2. The number of carbonyl (C=O) groups is 1. The molecule has 0 radical (unpaired) electrons. The summed E-state index contributed by atoms with van der Waals surface area (Å²) in [5, 5.41) is 6.18. The van der Waals surface area contributed by atoms with E-state index in [2.05, 4.69) is 29.7 Å². The third-order valence-electron chi connectivity index (χ3n) is 2.91. The second-order valence-electron chi connectivity index (χ2n) is 4.38. The summed E-state index contributed by atoms with van der Waals surface area (Å²) in [6.07, 6.45) is 2.34. The average Bonchev–Trinajstić information content (AvgIpc) is 2.44. The van der Waals surface area contributed by atoms with E-state index in [1.165, 1.54) is 5.56 Å². The Balaban J connectivity index is 2.20. The molecule has 0 saturated carbocycles. The minimum atomic E-state index is 0.0811. The van der Waals surface area contributed by atoms with Gasteiger partial charge in [0, 0.05) is 38.9 Å². The molecule has 0 atom stereocenters. The Morgan fingerprint density at radius 3 is 2.79 bits per heavy atom. The number of hydrogen-bond acceptors (Lipinski definition) is 3. The molecule has 0 aliphatic carbocycles. The zero-order chi connectivity index (χ0) is 13.9. The first-order valence-corrected chi connectivity index (χ1v) is 6.85. The molecule has 0 bridgehead atoms. The lowest BCUT2D eigenvalue weighted by Crippen LogP contribution is -2.27. The number of aryl methyl sites for hydroxylation is 1. The molecule has 4 nitrogen and oxygen atoms in total. The summed E-state index contributed by atoms with van der Waals surface area (Å²) in [5.74, 6) is 0.0811. The fourth-order valence-corrected chi connectivity index (χ4v) is 1.84. The first-order chi connectivity index (χ1) is 9.27. The highest BCUT2D eigenvalue weighted by atomic mass is 16.5. The van der Waals surface area contributed by atoms with Crippen LogP contribution in [-0.2, 0) is 16.0 Å². The van der Waals surface area contributed by atoms with Crippen LogP contribution in [0.5, 0.6) is 0 Å². The van der Waals surface area contributed by atoms with Crippen molar-refractivity contribution in [1.82, 2.24) is 5.32 Å². The maximum atomic E-state index is 11.6. The van der Waals surface area contributed by atoms with Crippen LogP contribution in [0.25, 0.3) is 0 Å². The third-order valence-corrected chi connectivity index (χ3v) is 2.91. The van der Waals surface area contributed by atoms with E-state index >= 15 is 0 Å². The molecule has 0 heterocycles.